The van der Waals surface area contributed by atoms with E-state index >= 15 is 0 Å². The first-order valence-corrected chi connectivity index (χ1v) is 7.64. The SMILES string of the molecule is CCNC(=NCC1CCCO1)NCCC1CCCO1. The molecule has 2 N–H and O–H groups in total. The zero-order valence-corrected chi connectivity index (χ0v) is 12.0. The summed E-state index contributed by atoms with van der Waals surface area (Å²) in [6, 6.07) is 0. The standard InChI is InChI=1S/C14H27N3O2/c1-2-15-14(17-11-13-6-4-10-19-13)16-8-7-12-5-3-9-18-12/h12-13H,2-11H2,1H3,(H2,15,16,17). The zero-order valence-electron chi connectivity index (χ0n) is 12.0. The molecular formula is C14H27N3O2. The number of ether oxygens (including phenoxy) is 2. The van der Waals surface area contributed by atoms with Gasteiger partial charge in [0.05, 0.1) is 18.8 Å². The van der Waals surface area contributed by atoms with Gasteiger partial charge >= 0.3 is 0 Å². The van der Waals surface area contributed by atoms with Crippen molar-refractivity contribution in [2.24, 2.45) is 4.99 Å². The van der Waals surface area contributed by atoms with E-state index in [1.165, 1.54) is 19.3 Å². The number of nitrogens with one attached hydrogen (secondary N) is 2. The van der Waals surface area contributed by atoms with Crippen molar-refractivity contribution in [3.63, 3.8) is 0 Å². The van der Waals surface area contributed by atoms with E-state index in [2.05, 4.69) is 22.5 Å². The third-order valence-corrected chi connectivity index (χ3v) is 3.60. The van der Waals surface area contributed by atoms with E-state index in [4.69, 9.17) is 9.47 Å². The number of guanidine groups is 1. The van der Waals surface area contributed by atoms with Crippen molar-refractivity contribution in [2.75, 3.05) is 32.8 Å². The van der Waals surface area contributed by atoms with Crippen molar-refractivity contribution in [2.45, 2.75) is 51.2 Å². The molecule has 0 aromatic carbocycles. The predicted molar refractivity (Wildman–Crippen MR) is 76.5 cm³/mol. The number of rotatable bonds is 6. The monoisotopic (exact) mass is 269 g/mol. The van der Waals surface area contributed by atoms with Crippen LogP contribution in [0.15, 0.2) is 4.99 Å². The lowest BCUT2D eigenvalue weighted by molar-refractivity contribution is 0.105. The minimum absolute atomic E-state index is 0.314. The van der Waals surface area contributed by atoms with Crippen LogP contribution in [0.25, 0.3) is 0 Å². The Morgan fingerprint density at radius 2 is 1.84 bits per heavy atom. The second-order valence-electron chi connectivity index (χ2n) is 5.21. The Hall–Kier alpha value is -0.810. The van der Waals surface area contributed by atoms with Crippen LogP contribution >= 0.6 is 0 Å². The van der Waals surface area contributed by atoms with E-state index in [1.54, 1.807) is 0 Å². The Morgan fingerprint density at radius 3 is 2.47 bits per heavy atom. The molecule has 0 aromatic heterocycles. The molecule has 0 radical (unpaired) electrons. The first kappa shape index (κ1) is 14.6. The molecule has 0 aromatic rings. The van der Waals surface area contributed by atoms with E-state index < -0.39 is 0 Å². The van der Waals surface area contributed by atoms with Crippen molar-refractivity contribution in [3.05, 3.63) is 0 Å². The van der Waals surface area contributed by atoms with Crippen molar-refractivity contribution < 1.29 is 9.47 Å². The lowest BCUT2D eigenvalue weighted by Crippen LogP contribution is -2.39. The van der Waals surface area contributed by atoms with E-state index in [-0.39, 0.29) is 0 Å². The number of aliphatic imine (C=N–C) groups is 1. The molecule has 2 atom stereocenters. The molecule has 19 heavy (non-hydrogen) atoms. The largest absolute Gasteiger partial charge is 0.378 e. The summed E-state index contributed by atoms with van der Waals surface area (Å²) >= 11 is 0. The van der Waals surface area contributed by atoms with Gasteiger partial charge < -0.3 is 20.1 Å². The van der Waals surface area contributed by atoms with Gasteiger partial charge in [0, 0.05) is 26.3 Å². The first-order chi connectivity index (χ1) is 9.38. The number of nitrogens with zero attached hydrogens (tertiary/aromatic N) is 1. The number of hydrogen-bond acceptors (Lipinski definition) is 3. The van der Waals surface area contributed by atoms with Gasteiger partial charge in [-0.1, -0.05) is 0 Å². The van der Waals surface area contributed by atoms with Crippen molar-refractivity contribution >= 4 is 5.96 Å². The smallest absolute Gasteiger partial charge is 0.191 e. The average Bonchev–Trinajstić information content (AvgIpc) is 3.09. The minimum atomic E-state index is 0.314. The van der Waals surface area contributed by atoms with Crippen LogP contribution in [0.2, 0.25) is 0 Å². The maximum Gasteiger partial charge on any atom is 0.191 e. The Bertz CT molecular complexity index is 272. The van der Waals surface area contributed by atoms with Crippen LogP contribution in [-0.4, -0.2) is 51.0 Å². The van der Waals surface area contributed by atoms with Crippen LogP contribution in [0.1, 0.15) is 39.0 Å². The Balaban J connectivity index is 1.66. The summed E-state index contributed by atoms with van der Waals surface area (Å²) in [6.07, 6.45) is 6.53. The Labute approximate surface area is 116 Å². The third kappa shape index (κ3) is 5.37. The highest BCUT2D eigenvalue weighted by atomic mass is 16.5. The lowest BCUT2D eigenvalue weighted by Gasteiger charge is -2.14. The number of hydrogen-bond donors (Lipinski definition) is 2. The van der Waals surface area contributed by atoms with Gasteiger partial charge in [-0.3, -0.25) is 4.99 Å². The van der Waals surface area contributed by atoms with Gasteiger partial charge in [-0.2, -0.15) is 0 Å². The molecule has 0 aliphatic carbocycles. The lowest BCUT2D eigenvalue weighted by atomic mass is 10.2. The highest BCUT2D eigenvalue weighted by molar-refractivity contribution is 5.79. The van der Waals surface area contributed by atoms with Gasteiger partial charge in [-0.05, 0) is 39.0 Å². The fourth-order valence-electron chi connectivity index (χ4n) is 2.55. The topological polar surface area (TPSA) is 54.9 Å². The fraction of sp³-hybridized carbons (Fsp3) is 0.929. The van der Waals surface area contributed by atoms with E-state index in [9.17, 15) is 0 Å². The van der Waals surface area contributed by atoms with Crippen LogP contribution in [0.4, 0.5) is 0 Å². The van der Waals surface area contributed by atoms with Crippen molar-refractivity contribution in [1.29, 1.82) is 0 Å². The van der Waals surface area contributed by atoms with Gasteiger partial charge in [0.2, 0.25) is 0 Å². The summed E-state index contributed by atoms with van der Waals surface area (Å²) in [7, 11) is 0. The van der Waals surface area contributed by atoms with E-state index in [1.807, 2.05) is 0 Å². The fourth-order valence-corrected chi connectivity index (χ4v) is 2.55. The van der Waals surface area contributed by atoms with Gasteiger partial charge in [0.15, 0.2) is 5.96 Å². The highest BCUT2D eigenvalue weighted by Gasteiger charge is 2.16. The minimum Gasteiger partial charge on any atom is -0.378 e. The summed E-state index contributed by atoms with van der Waals surface area (Å²) in [5.74, 6) is 0.899. The maximum atomic E-state index is 5.62. The molecule has 5 nitrogen and oxygen atoms in total. The van der Waals surface area contributed by atoms with E-state index in [0.29, 0.717) is 12.2 Å². The second-order valence-corrected chi connectivity index (χ2v) is 5.21. The van der Waals surface area contributed by atoms with Crippen LogP contribution in [0, 0.1) is 0 Å². The molecule has 2 unspecified atom stereocenters. The quantitative estimate of drug-likeness (QED) is 0.563. The molecule has 2 fully saturated rings. The summed E-state index contributed by atoms with van der Waals surface area (Å²) in [4.78, 5) is 4.59. The molecule has 0 spiro atoms. The van der Waals surface area contributed by atoms with Gasteiger partial charge in [0.25, 0.3) is 0 Å². The molecule has 0 bridgehead atoms. The average molecular weight is 269 g/mol. The van der Waals surface area contributed by atoms with Crippen molar-refractivity contribution in [3.8, 4) is 0 Å². The summed E-state index contributed by atoms with van der Waals surface area (Å²) in [5, 5.41) is 6.65. The second kappa shape index (κ2) is 8.38. The molecule has 2 heterocycles. The molecule has 110 valence electrons. The van der Waals surface area contributed by atoms with Gasteiger partial charge in [-0.25, -0.2) is 0 Å². The van der Waals surface area contributed by atoms with Crippen LogP contribution in [-0.2, 0) is 9.47 Å². The zero-order chi connectivity index (χ0) is 13.3. The Kier molecular flexibility index (Phi) is 6.44. The van der Waals surface area contributed by atoms with Crippen molar-refractivity contribution in [1.82, 2.24) is 10.6 Å². The van der Waals surface area contributed by atoms with Crippen LogP contribution < -0.4 is 10.6 Å². The van der Waals surface area contributed by atoms with Crippen LogP contribution in [0.3, 0.4) is 0 Å². The molecule has 0 saturated carbocycles. The molecule has 2 aliphatic rings. The first-order valence-electron chi connectivity index (χ1n) is 7.64. The van der Waals surface area contributed by atoms with Gasteiger partial charge in [-0.15, -0.1) is 0 Å². The molecule has 2 saturated heterocycles. The predicted octanol–water partition coefficient (Wildman–Crippen LogP) is 1.29. The molecule has 2 rings (SSSR count). The molecule has 5 heteroatoms. The summed E-state index contributed by atoms with van der Waals surface area (Å²) in [6.45, 7) is 6.47. The van der Waals surface area contributed by atoms with Gasteiger partial charge in [0.1, 0.15) is 0 Å². The molecule has 2 aliphatic heterocycles. The summed E-state index contributed by atoms with van der Waals surface area (Å²) < 4.78 is 11.2. The van der Waals surface area contributed by atoms with Crippen LogP contribution in [0.5, 0.6) is 0 Å². The maximum absolute atomic E-state index is 5.62. The molecular weight excluding hydrogens is 242 g/mol. The Morgan fingerprint density at radius 1 is 1.11 bits per heavy atom. The third-order valence-electron chi connectivity index (χ3n) is 3.60. The normalized spacial score (nSPS) is 27.7. The summed E-state index contributed by atoms with van der Waals surface area (Å²) in [5.41, 5.74) is 0. The van der Waals surface area contributed by atoms with E-state index in [0.717, 1.165) is 51.6 Å². The molecule has 0 amide bonds. The highest BCUT2D eigenvalue weighted by Crippen LogP contribution is 2.14.